The van der Waals surface area contributed by atoms with Crippen molar-refractivity contribution in [2.45, 2.75) is 52.7 Å². The molecule has 0 saturated carbocycles. The summed E-state index contributed by atoms with van der Waals surface area (Å²) in [5.41, 5.74) is 0.878. The summed E-state index contributed by atoms with van der Waals surface area (Å²) in [7, 11) is 0. The molecule has 0 aliphatic carbocycles. The molecule has 0 saturated heterocycles. The van der Waals surface area contributed by atoms with E-state index in [0.717, 1.165) is 17.7 Å². The predicted octanol–water partition coefficient (Wildman–Crippen LogP) is 3.36. The molecule has 0 amide bonds. The van der Waals surface area contributed by atoms with Gasteiger partial charge in [-0.1, -0.05) is 25.1 Å². The summed E-state index contributed by atoms with van der Waals surface area (Å²) in [5.74, 6) is 0.553. The summed E-state index contributed by atoms with van der Waals surface area (Å²) >= 11 is 0. The van der Waals surface area contributed by atoms with Gasteiger partial charge in [-0.05, 0) is 33.3 Å². The quantitative estimate of drug-likeness (QED) is 0.726. The summed E-state index contributed by atoms with van der Waals surface area (Å²) < 4.78 is 10.9. The minimum Gasteiger partial charge on any atom is -0.490 e. The van der Waals surface area contributed by atoms with Gasteiger partial charge in [-0.2, -0.15) is 0 Å². The topological polar surface area (TPSA) is 35.5 Å². The fraction of sp³-hybridized carbons (Fsp3) is 0.533. The molecule has 0 bridgehead atoms. The monoisotopic (exact) mass is 250 g/mol. The maximum atomic E-state index is 11.7. The van der Waals surface area contributed by atoms with E-state index in [1.54, 1.807) is 0 Å². The van der Waals surface area contributed by atoms with Crippen LogP contribution in [0.25, 0.3) is 0 Å². The Hall–Kier alpha value is -1.51. The molecule has 0 radical (unpaired) electrons. The minimum atomic E-state index is -0.217. The van der Waals surface area contributed by atoms with Gasteiger partial charge in [-0.25, -0.2) is 0 Å². The highest BCUT2D eigenvalue weighted by Gasteiger charge is 2.12. The van der Waals surface area contributed by atoms with Crippen LogP contribution in [0.3, 0.4) is 0 Å². The van der Waals surface area contributed by atoms with Gasteiger partial charge < -0.3 is 9.47 Å². The van der Waals surface area contributed by atoms with Crippen LogP contribution in [0.1, 0.15) is 39.7 Å². The van der Waals surface area contributed by atoms with E-state index in [4.69, 9.17) is 9.47 Å². The van der Waals surface area contributed by atoms with Crippen molar-refractivity contribution >= 4 is 5.97 Å². The molecule has 1 rings (SSSR count). The normalized spacial score (nSPS) is 12.3. The number of hydrogen-bond donors (Lipinski definition) is 0. The number of carbonyl (C=O) groups excluding carboxylic acids is 1. The van der Waals surface area contributed by atoms with Crippen molar-refractivity contribution in [2.75, 3.05) is 0 Å². The van der Waals surface area contributed by atoms with Crippen molar-refractivity contribution in [3.8, 4) is 5.75 Å². The third-order valence-corrected chi connectivity index (χ3v) is 2.58. The van der Waals surface area contributed by atoms with Gasteiger partial charge in [0.15, 0.2) is 0 Å². The zero-order valence-corrected chi connectivity index (χ0v) is 11.6. The Kier molecular flexibility index (Phi) is 5.69. The van der Waals surface area contributed by atoms with E-state index in [0.29, 0.717) is 0 Å². The SMILES string of the molecule is CC[C@H](C)Oc1ccccc1CC(=O)OC(C)C. The van der Waals surface area contributed by atoms with E-state index in [-0.39, 0.29) is 24.6 Å². The summed E-state index contributed by atoms with van der Waals surface area (Å²) in [6.45, 7) is 7.78. The lowest BCUT2D eigenvalue weighted by Crippen LogP contribution is -2.16. The van der Waals surface area contributed by atoms with Crippen LogP contribution in [0.2, 0.25) is 0 Å². The van der Waals surface area contributed by atoms with E-state index < -0.39 is 0 Å². The molecule has 0 spiro atoms. The molecule has 1 aromatic rings. The summed E-state index contributed by atoms with van der Waals surface area (Å²) in [6, 6.07) is 7.61. The Morgan fingerprint density at radius 1 is 1.22 bits per heavy atom. The van der Waals surface area contributed by atoms with Crippen molar-refractivity contribution in [1.29, 1.82) is 0 Å². The number of para-hydroxylation sites is 1. The molecule has 0 unspecified atom stereocenters. The van der Waals surface area contributed by atoms with E-state index in [1.165, 1.54) is 0 Å². The molecule has 0 aliphatic heterocycles. The summed E-state index contributed by atoms with van der Waals surface area (Å²) in [6.07, 6.45) is 1.25. The van der Waals surface area contributed by atoms with Crippen molar-refractivity contribution < 1.29 is 14.3 Å². The minimum absolute atomic E-state index is 0.0832. The molecule has 3 nitrogen and oxygen atoms in total. The number of esters is 1. The molecular weight excluding hydrogens is 228 g/mol. The fourth-order valence-corrected chi connectivity index (χ4v) is 1.52. The van der Waals surface area contributed by atoms with Crippen LogP contribution in [0.4, 0.5) is 0 Å². The standard InChI is InChI=1S/C15H22O3/c1-5-12(4)18-14-9-7-6-8-13(14)10-15(16)17-11(2)3/h6-9,11-12H,5,10H2,1-4H3/t12-/m0/s1. The predicted molar refractivity (Wildman–Crippen MR) is 71.8 cm³/mol. The van der Waals surface area contributed by atoms with E-state index in [9.17, 15) is 4.79 Å². The smallest absolute Gasteiger partial charge is 0.310 e. The zero-order chi connectivity index (χ0) is 13.5. The third kappa shape index (κ3) is 4.78. The second-order valence-corrected chi connectivity index (χ2v) is 4.66. The molecule has 0 aromatic heterocycles. The second-order valence-electron chi connectivity index (χ2n) is 4.66. The van der Waals surface area contributed by atoms with Crippen LogP contribution in [0, 0.1) is 0 Å². The van der Waals surface area contributed by atoms with Gasteiger partial charge in [0.1, 0.15) is 5.75 Å². The Morgan fingerprint density at radius 3 is 2.50 bits per heavy atom. The molecule has 0 aliphatic rings. The largest absolute Gasteiger partial charge is 0.490 e. The number of hydrogen-bond acceptors (Lipinski definition) is 3. The van der Waals surface area contributed by atoms with Gasteiger partial charge in [-0.3, -0.25) is 4.79 Å². The van der Waals surface area contributed by atoms with Gasteiger partial charge in [0.2, 0.25) is 0 Å². The number of ether oxygens (including phenoxy) is 2. The lowest BCUT2D eigenvalue weighted by Gasteiger charge is -2.16. The van der Waals surface area contributed by atoms with Crippen LogP contribution in [0.15, 0.2) is 24.3 Å². The Balaban J connectivity index is 2.72. The highest BCUT2D eigenvalue weighted by Crippen LogP contribution is 2.21. The van der Waals surface area contributed by atoms with Crippen molar-refractivity contribution in [1.82, 2.24) is 0 Å². The average Bonchev–Trinajstić information content (AvgIpc) is 2.30. The van der Waals surface area contributed by atoms with E-state index >= 15 is 0 Å². The summed E-state index contributed by atoms with van der Waals surface area (Å²) in [5, 5.41) is 0. The molecule has 1 aromatic carbocycles. The van der Waals surface area contributed by atoms with Gasteiger partial charge in [-0.15, -0.1) is 0 Å². The third-order valence-electron chi connectivity index (χ3n) is 2.58. The Morgan fingerprint density at radius 2 is 1.89 bits per heavy atom. The molecule has 0 heterocycles. The van der Waals surface area contributed by atoms with Crippen LogP contribution in [-0.2, 0) is 16.0 Å². The van der Waals surface area contributed by atoms with Gasteiger partial charge in [0.25, 0.3) is 0 Å². The zero-order valence-electron chi connectivity index (χ0n) is 11.6. The lowest BCUT2D eigenvalue weighted by atomic mass is 10.1. The first-order chi connectivity index (χ1) is 8.52. The highest BCUT2D eigenvalue weighted by atomic mass is 16.5. The molecule has 100 valence electrons. The van der Waals surface area contributed by atoms with Crippen molar-refractivity contribution in [3.63, 3.8) is 0 Å². The second kappa shape index (κ2) is 7.04. The number of carbonyl (C=O) groups is 1. The van der Waals surface area contributed by atoms with Gasteiger partial charge >= 0.3 is 5.97 Å². The molecular formula is C15H22O3. The number of rotatable bonds is 6. The van der Waals surface area contributed by atoms with Crippen molar-refractivity contribution in [3.05, 3.63) is 29.8 Å². The number of benzene rings is 1. The van der Waals surface area contributed by atoms with E-state index in [1.807, 2.05) is 45.0 Å². The lowest BCUT2D eigenvalue weighted by molar-refractivity contribution is -0.146. The van der Waals surface area contributed by atoms with Gasteiger partial charge in [0.05, 0.1) is 18.6 Å². The molecule has 0 fully saturated rings. The van der Waals surface area contributed by atoms with Crippen molar-refractivity contribution in [2.24, 2.45) is 0 Å². The maximum absolute atomic E-state index is 11.7. The van der Waals surface area contributed by atoms with Crippen LogP contribution in [-0.4, -0.2) is 18.2 Å². The Bertz CT molecular complexity index is 385. The first kappa shape index (κ1) is 14.6. The average molecular weight is 250 g/mol. The highest BCUT2D eigenvalue weighted by molar-refractivity contribution is 5.73. The molecule has 18 heavy (non-hydrogen) atoms. The van der Waals surface area contributed by atoms with Gasteiger partial charge in [0, 0.05) is 5.56 Å². The van der Waals surface area contributed by atoms with E-state index in [2.05, 4.69) is 6.92 Å². The van der Waals surface area contributed by atoms with Crippen LogP contribution in [0.5, 0.6) is 5.75 Å². The maximum Gasteiger partial charge on any atom is 0.310 e. The molecule has 3 heteroatoms. The molecule has 1 atom stereocenters. The molecule has 0 N–H and O–H groups in total. The first-order valence-electron chi connectivity index (χ1n) is 6.47. The first-order valence-corrected chi connectivity index (χ1v) is 6.47. The summed E-state index contributed by atoms with van der Waals surface area (Å²) in [4.78, 5) is 11.7. The van der Waals surface area contributed by atoms with Crippen LogP contribution >= 0.6 is 0 Å². The Labute approximate surface area is 109 Å². The fourth-order valence-electron chi connectivity index (χ4n) is 1.52. The van der Waals surface area contributed by atoms with Crippen LogP contribution < -0.4 is 4.74 Å².